The maximum Gasteiger partial charge on any atom is 0.324 e. The Morgan fingerprint density at radius 3 is 2.44 bits per heavy atom. The minimum Gasteiger partial charge on any atom is -0.480 e. The molecule has 0 radical (unpaired) electrons. The van der Waals surface area contributed by atoms with Gasteiger partial charge in [-0.05, 0) is 45.1 Å². The molecule has 2 aliphatic rings. The highest BCUT2D eigenvalue weighted by molar-refractivity contribution is 5.79. The van der Waals surface area contributed by atoms with E-state index < -0.39 is 11.5 Å². The summed E-state index contributed by atoms with van der Waals surface area (Å²) in [4.78, 5) is 13.9. The summed E-state index contributed by atoms with van der Waals surface area (Å²) in [5, 5.41) is 9.56. The van der Waals surface area contributed by atoms with Crippen molar-refractivity contribution < 1.29 is 9.90 Å². The van der Waals surface area contributed by atoms with Crippen LogP contribution in [0, 0.1) is 5.92 Å². The molecule has 1 saturated heterocycles. The molecule has 1 saturated carbocycles. The Morgan fingerprint density at radius 2 is 1.94 bits per heavy atom. The van der Waals surface area contributed by atoms with Crippen molar-refractivity contribution in [1.82, 2.24) is 4.90 Å². The summed E-state index contributed by atoms with van der Waals surface area (Å²) >= 11 is 0. The van der Waals surface area contributed by atoms with Crippen LogP contribution < -0.4 is 0 Å². The number of hydrogen-bond acceptors (Lipinski definition) is 2. The highest BCUT2D eigenvalue weighted by atomic mass is 16.4. The van der Waals surface area contributed by atoms with Gasteiger partial charge in [0.25, 0.3) is 0 Å². The zero-order valence-corrected chi connectivity index (χ0v) is 10.4. The Bertz CT molecular complexity index is 271. The highest BCUT2D eigenvalue weighted by Crippen LogP contribution is 2.40. The first-order valence-corrected chi connectivity index (χ1v) is 6.56. The van der Waals surface area contributed by atoms with E-state index in [1.54, 1.807) is 0 Å². The van der Waals surface area contributed by atoms with Crippen molar-refractivity contribution in [1.29, 1.82) is 0 Å². The lowest BCUT2D eigenvalue weighted by Gasteiger charge is -2.46. The van der Waals surface area contributed by atoms with Gasteiger partial charge in [0.05, 0.1) is 0 Å². The van der Waals surface area contributed by atoms with Crippen LogP contribution in [0.5, 0.6) is 0 Å². The maximum absolute atomic E-state index is 11.6. The summed E-state index contributed by atoms with van der Waals surface area (Å²) in [7, 11) is 0. The second-order valence-corrected chi connectivity index (χ2v) is 5.72. The second kappa shape index (κ2) is 4.36. The first kappa shape index (κ1) is 11.9. The molecule has 2 rings (SSSR count). The van der Waals surface area contributed by atoms with Gasteiger partial charge in [0.15, 0.2) is 0 Å². The third-order valence-electron chi connectivity index (χ3n) is 4.52. The van der Waals surface area contributed by atoms with Gasteiger partial charge in [-0.3, -0.25) is 9.69 Å². The lowest BCUT2D eigenvalue weighted by atomic mass is 9.86. The minimum atomic E-state index is -0.591. The van der Waals surface area contributed by atoms with E-state index >= 15 is 0 Å². The van der Waals surface area contributed by atoms with E-state index in [9.17, 15) is 9.90 Å². The van der Waals surface area contributed by atoms with Crippen LogP contribution in [0.1, 0.15) is 52.4 Å². The molecular formula is C13H23NO2. The Balaban J connectivity index is 2.17. The van der Waals surface area contributed by atoms with Gasteiger partial charge in [0.1, 0.15) is 5.54 Å². The van der Waals surface area contributed by atoms with Crippen molar-refractivity contribution in [2.24, 2.45) is 5.92 Å². The molecule has 1 aliphatic heterocycles. The maximum atomic E-state index is 11.6. The van der Waals surface area contributed by atoms with E-state index in [-0.39, 0.29) is 0 Å². The van der Waals surface area contributed by atoms with Crippen LogP contribution in [0.4, 0.5) is 0 Å². The quantitative estimate of drug-likeness (QED) is 0.785. The first-order valence-electron chi connectivity index (χ1n) is 6.56. The van der Waals surface area contributed by atoms with Crippen molar-refractivity contribution in [2.75, 3.05) is 6.54 Å². The van der Waals surface area contributed by atoms with Crippen LogP contribution in [-0.4, -0.2) is 34.1 Å². The average molecular weight is 225 g/mol. The molecule has 1 heterocycles. The lowest BCUT2D eigenvalue weighted by Crippen LogP contribution is -2.58. The van der Waals surface area contributed by atoms with E-state index in [0.717, 1.165) is 51.0 Å². The summed E-state index contributed by atoms with van der Waals surface area (Å²) in [5.74, 6) is 0.157. The average Bonchev–Trinajstić information content (AvgIpc) is 2.67. The van der Waals surface area contributed by atoms with Gasteiger partial charge in [-0.1, -0.05) is 19.8 Å². The van der Waals surface area contributed by atoms with Crippen LogP contribution >= 0.6 is 0 Å². The highest BCUT2D eigenvalue weighted by Gasteiger charge is 2.48. The van der Waals surface area contributed by atoms with Crippen molar-refractivity contribution in [3.8, 4) is 0 Å². The zero-order chi connectivity index (χ0) is 11.8. The summed E-state index contributed by atoms with van der Waals surface area (Å²) in [5.41, 5.74) is -0.528. The van der Waals surface area contributed by atoms with Gasteiger partial charge in [-0.15, -0.1) is 0 Å². The second-order valence-electron chi connectivity index (χ2n) is 5.72. The number of hydrogen-bond donors (Lipinski definition) is 1. The summed E-state index contributed by atoms with van der Waals surface area (Å²) in [6.07, 6.45) is 6.15. The molecule has 92 valence electrons. The van der Waals surface area contributed by atoms with Crippen LogP contribution in [0.2, 0.25) is 0 Å². The van der Waals surface area contributed by atoms with Gasteiger partial charge in [-0.25, -0.2) is 0 Å². The molecule has 16 heavy (non-hydrogen) atoms. The molecule has 2 atom stereocenters. The van der Waals surface area contributed by atoms with Crippen LogP contribution in [0.15, 0.2) is 0 Å². The summed E-state index contributed by atoms with van der Waals surface area (Å²) in [6, 6.07) is 0.429. The molecule has 0 amide bonds. The largest absolute Gasteiger partial charge is 0.480 e. The van der Waals surface area contributed by atoms with Crippen molar-refractivity contribution in [3.05, 3.63) is 0 Å². The van der Waals surface area contributed by atoms with E-state index in [2.05, 4.69) is 18.7 Å². The van der Waals surface area contributed by atoms with Gasteiger partial charge < -0.3 is 5.11 Å². The fourth-order valence-corrected chi connectivity index (χ4v) is 3.63. The molecule has 2 fully saturated rings. The van der Waals surface area contributed by atoms with Gasteiger partial charge >= 0.3 is 5.97 Å². The molecule has 0 bridgehead atoms. The number of carboxylic acids is 1. The standard InChI is InChI=1S/C13H23NO2/c1-10-5-8-14(11(2)9-10)13(12(15)16)6-3-4-7-13/h10-11H,3-9H2,1-2H3,(H,15,16). The fraction of sp³-hybridized carbons (Fsp3) is 0.923. The number of carbonyl (C=O) groups is 1. The van der Waals surface area contributed by atoms with Crippen molar-refractivity contribution >= 4 is 5.97 Å². The molecule has 0 spiro atoms. The molecule has 0 aromatic carbocycles. The van der Waals surface area contributed by atoms with Crippen molar-refractivity contribution in [2.45, 2.75) is 64.0 Å². The van der Waals surface area contributed by atoms with E-state index in [1.165, 1.54) is 0 Å². The number of piperidine rings is 1. The summed E-state index contributed by atoms with van der Waals surface area (Å²) in [6.45, 7) is 5.43. The third kappa shape index (κ3) is 1.86. The molecule has 1 N–H and O–H groups in total. The minimum absolute atomic E-state index is 0.429. The van der Waals surface area contributed by atoms with Crippen LogP contribution in [0.25, 0.3) is 0 Å². The zero-order valence-electron chi connectivity index (χ0n) is 10.4. The first-order chi connectivity index (χ1) is 7.56. The molecule has 3 nitrogen and oxygen atoms in total. The Morgan fingerprint density at radius 1 is 1.31 bits per heavy atom. The monoisotopic (exact) mass is 225 g/mol. The lowest BCUT2D eigenvalue weighted by molar-refractivity contribution is -0.154. The van der Waals surface area contributed by atoms with E-state index in [1.807, 2.05) is 0 Å². The summed E-state index contributed by atoms with van der Waals surface area (Å²) < 4.78 is 0. The molecule has 0 aromatic heterocycles. The molecule has 0 aromatic rings. The van der Waals surface area contributed by atoms with Crippen LogP contribution in [-0.2, 0) is 4.79 Å². The molecule has 3 heteroatoms. The number of aliphatic carboxylic acids is 1. The fourth-order valence-electron chi connectivity index (χ4n) is 3.63. The number of rotatable bonds is 2. The topological polar surface area (TPSA) is 40.5 Å². The smallest absolute Gasteiger partial charge is 0.324 e. The predicted molar refractivity (Wildman–Crippen MR) is 63.4 cm³/mol. The van der Waals surface area contributed by atoms with Gasteiger partial charge in [-0.2, -0.15) is 0 Å². The SMILES string of the molecule is CC1CCN(C2(C(=O)O)CCCC2)C(C)C1. The Labute approximate surface area is 97.8 Å². The van der Waals surface area contributed by atoms with Crippen LogP contribution in [0.3, 0.4) is 0 Å². The molecule has 1 aliphatic carbocycles. The van der Waals surface area contributed by atoms with E-state index in [0.29, 0.717) is 6.04 Å². The third-order valence-corrected chi connectivity index (χ3v) is 4.52. The van der Waals surface area contributed by atoms with Gasteiger partial charge in [0.2, 0.25) is 0 Å². The Kier molecular flexibility index (Phi) is 3.24. The van der Waals surface area contributed by atoms with Gasteiger partial charge in [0, 0.05) is 6.04 Å². The van der Waals surface area contributed by atoms with Crippen molar-refractivity contribution in [3.63, 3.8) is 0 Å². The van der Waals surface area contributed by atoms with E-state index in [4.69, 9.17) is 0 Å². The number of nitrogens with zero attached hydrogens (tertiary/aromatic N) is 1. The number of likely N-dealkylation sites (tertiary alicyclic amines) is 1. The number of carboxylic acid groups (broad SMARTS) is 1. The Hall–Kier alpha value is -0.570. The molecular weight excluding hydrogens is 202 g/mol. The predicted octanol–water partition coefficient (Wildman–Crippen LogP) is 2.50. The normalized spacial score (nSPS) is 35.1. The molecule has 2 unspecified atom stereocenters.